The number of thioether (sulfide) groups is 1. The van der Waals surface area contributed by atoms with Gasteiger partial charge in [0, 0.05) is 18.9 Å². The molecule has 98 valence electrons. The second kappa shape index (κ2) is 7.89. The fourth-order valence-electron chi connectivity index (χ4n) is 1.49. The minimum atomic E-state index is -0.513. The maximum atomic E-state index is 11.6. The van der Waals surface area contributed by atoms with Crippen LogP contribution in [0.1, 0.15) is 13.2 Å². The van der Waals surface area contributed by atoms with E-state index in [2.05, 4.69) is 4.98 Å². The van der Waals surface area contributed by atoms with E-state index in [0.29, 0.717) is 5.75 Å². The number of rotatable bonds is 3. The van der Waals surface area contributed by atoms with Crippen molar-refractivity contribution in [2.45, 2.75) is 18.6 Å². The average molecular weight is 356 g/mol. The molecule has 0 aromatic carbocycles. The Kier molecular flexibility index (Phi) is 7.19. The number of hydrogen-bond acceptors (Lipinski definition) is 6. The molecule has 2 heterocycles. The molecule has 0 aliphatic carbocycles. The molecule has 1 aliphatic rings. The van der Waals surface area contributed by atoms with Gasteiger partial charge >= 0.3 is 64.2 Å². The van der Waals surface area contributed by atoms with E-state index in [1.54, 1.807) is 0 Å². The Bertz CT molecular complexity index is 510. The Morgan fingerprint density at radius 3 is 3.11 bits per heavy atom. The van der Waals surface area contributed by atoms with Crippen molar-refractivity contribution in [3.05, 3.63) is 28.5 Å². The van der Waals surface area contributed by atoms with Crippen LogP contribution >= 0.6 is 11.8 Å². The largest absolute Gasteiger partial charge is 1.00 e. The minimum Gasteiger partial charge on any atom is -0.482 e. The van der Waals surface area contributed by atoms with E-state index in [-0.39, 0.29) is 82.0 Å². The first-order valence-electron chi connectivity index (χ1n) is 5.27. The van der Waals surface area contributed by atoms with Crippen molar-refractivity contribution >= 4 is 23.5 Å². The van der Waals surface area contributed by atoms with Gasteiger partial charge in [-0.3, -0.25) is 14.2 Å². The van der Waals surface area contributed by atoms with E-state index in [1.807, 2.05) is 0 Å². The van der Waals surface area contributed by atoms with Crippen LogP contribution in [0.25, 0.3) is 5.73 Å². The molecule has 1 aromatic rings. The van der Waals surface area contributed by atoms with Crippen molar-refractivity contribution < 1.29 is 72.5 Å². The summed E-state index contributed by atoms with van der Waals surface area (Å²) in [7, 11) is 0. The number of nitrogens with one attached hydrogen (secondary N) is 1. The molecule has 0 spiro atoms. The molecule has 1 aliphatic heterocycles. The second-order valence-corrected chi connectivity index (χ2v) is 4.85. The first kappa shape index (κ1) is 17.3. The summed E-state index contributed by atoms with van der Waals surface area (Å²) in [6, 6.07) is 1.43. The molecule has 0 bridgehead atoms. The first-order valence-corrected chi connectivity index (χ1v) is 6.32. The number of esters is 1. The molecule has 2 atom stereocenters. The molecule has 19 heavy (non-hydrogen) atoms. The van der Waals surface area contributed by atoms with E-state index in [4.69, 9.17) is 15.2 Å². The fraction of sp³-hybridized carbons (Fsp3) is 0.500. The normalized spacial score (nSPS) is 21.7. The van der Waals surface area contributed by atoms with E-state index in [0.717, 1.165) is 0 Å². The molecular formula is C10H12N3O4RbS. The van der Waals surface area contributed by atoms with Crippen LogP contribution in [-0.2, 0) is 14.3 Å². The maximum Gasteiger partial charge on any atom is 1.00 e. The van der Waals surface area contributed by atoms with Gasteiger partial charge in [-0.15, -0.1) is 11.8 Å². The van der Waals surface area contributed by atoms with Crippen LogP contribution in [0.4, 0.5) is 5.82 Å². The predicted molar refractivity (Wildman–Crippen MR) is 65.5 cm³/mol. The zero-order chi connectivity index (χ0) is 13.1. The van der Waals surface area contributed by atoms with Gasteiger partial charge in [-0.1, -0.05) is 5.82 Å². The molecule has 1 aromatic heterocycles. The molecule has 0 amide bonds. The number of ether oxygens (including phenoxy) is 2. The minimum absolute atomic E-state index is 0. The quantitative estimate of drug-likeness (QED) is 0.587. The van der Waals surface area contributed by atoms with E-state index < -0.39 is 11.9 Å². The van der Waals surface area contributed by atoms with E-state index >= 15 is 0 Å². The molecular weight excluding hydrogens is 344 g/mol. The van der Waals surface area contributed by atoms with Crippen molar-refractivity contribution in [1.29, 1.82) is 0 Å². The Balaban J connectivity index is 0.00000180. The summed E-state index contributed by atoms with van der Waals surface area (Å²) in [5.41, 5.74) is 6.44. The van der Waals surface area contributed by atoms with Crippen molar-refractivity contribution in [3.63, 3.8) is 0 Å². The van der Waals surface area contributed by atoms with Crippen LogP contribution in [0.2, 0.25) is 0 Å². The molecule has 0 radical (unpaired) electrons. The standard InChI is InChI=1S/C10H13N3O4S.Rb/c1-6(14)16-4-9-17-8(5-18-9)13-3-2-7(11)12-10(13)15;/h2-3,8-9H,4-5H2,1H3,(H2,11,12,15);/q;+1/p-1. The van der Waals surface area contributed by atoms with Gasteiger partial charge in [0.2, 0.25) is 5.69 Å². The summed E-state index contributed by atoms with van der Waals surface area (Å²) >= 11 is 1.47. The summed E-state index contributed by atoms with van der Waals surface area (Å²) in [5, 5.41) is 0. The number of hydrogen-bond donors (Lipinski definition) is 0. The SMILES string of the molecule is CC(=O)OCC1OC(n2ccc([NH-])nc2=O)CS1.[Rb+]. The summed E-state index contributed by atoms with van der Waals surface area (Å²) in [6.07, 6.45) is 1.05. The number of aromatic nitrogens is 2. The summed E-state index contributed by atoms with van der Waals surface area (Å²) in [4.78, 5) is 25.7. The number of nitrogens with zero attached hydrogens (tertiary/aromatic N) is 2. The van der Waals surface area contributed by atoms with Crippen LogP contribution < -0.4 is 63.9 Å². The molecule has 0 saturated carbocycles. The van der Waals surface area contributed by atoms with Gasteiger partial charge in [0.05, 0.1) is 0 Å². The Labute approximate surface area is 163 Å². The second-order valence-electron chi connectivity index (χ2n) is 3.66. The number of carbonyl (C=O) groups is 1. The Morgan fingerprint density at radius 1 is 1.74 bits per heavy atom. The Morgan fingerprint density at radius 2 is 2.47 bits per heavy atom. The molecule has 2 unspecified atom stereocenters. The van der Waals surface area contributed by atoms with E-state index in [1.165, 1.54) is 35.5 Å². The van der Waals surface area contributed by atoms with Gasteiger partial charge in [-0.05, 0) is 6.07 Å². The molecule has 9 heteroatoms. The third-order valence-electron chi connectivity index (χ3n) is 2.30. The maximum absolute atomic E-state index is 11.6. The van der Waals surface area contributed by atoms with Crippen LogP contribution in [0, 0.1) is 0 Å². The third kappa shape index (κ3) is 4.94. The monoisotopic (exact) mass is 355 g/mol. The van der Waals surface area contributed by atoms with Gasteiger partial charge in [-0.2, -0.15) is 0 Å². The number of carbonyl (C=O) groups excluding carboxylic acids is 1. The molecule has 2 rings (SSSR count). The predicted octanol–water partition coefficient (Wildman–Crippen LogP) is -1.92. The van der Waals surface area contributed by atoms with Crippen LogP contribution in [-0.4, -0.2) is 33.3 Å². The first-order chi connectivity index (χ1) is 8.56. The summed E-state index contributed by atoms with van der Waals surface area (Å²) < 4.78 is 11.7. The fourth-order valence-corrected chi connectivity index (χ4v) is 2.48. The average Bonchev–Trinajstić information content (AvgIpc) is 2.75. The molecule has 1 N–H and O–H groups in total. The van der Waals surface area contributed by atoms with Gasteiger partial charge in [0.25, 0.3) is 0 Å². The van der Waals surface area contributed by atoms with Gasteiger partial charge in [-0.25, -0.2) is 0 Å². The van der Waals surface area contributed by atoms with Gasteiger partial charge in [0.1, 0.15) is 18.3 Å². The van der Waals surface area contributed by atoms with Crippen molar-refractivity contribution in [3.8, 4) is 0 Å². The molecule has 1 saturated heterocycles. The van der Waals surface area contributed by atoms with Crippen LogP contribution in [0.5, 0.6) is 0 Å². The molecule has 7 nitrogen and oxygen atoms in total. The van der Waals surface area contributed by atoms with E-state index in [9.17, 15) is 9.59 Å². The zero-order valence-electron chi connectivity index (χ0n) is 10.7. The topological polar surface area (TPSA) is 94.2 Å². The van der Waals surface area contributed by atoms with Crippen molar-refractivity contribution in [1.82, 2.24) is 9.55 Å². The molecule has 1 fully saturated rings. The smallest absolute Gasteiger partial charge is 0.482 e. The van der Waals surface area contributed by atoms with Gasteiger partial charge < -0.3 is 20.2 Å². The van der Waals surface area contributed by atoms with Crippen molar-refractivity contribution in [2.75, 3.05) is 12.4 Å². The summed E-state index contributed by atoms with van der Waals surface area (Å²) in [5.74, 6) is 0.142. The third-order valence-corrected chi connectivity index (χ3v) is 3.39. The van der Waals surface area contributed by atoms with Crippen LogP contribution in [0.3, 0.4) is 0 Å². The van der Waals surface area contributed by atoms with Crippen molar-refractivity contribution in [2.24, 2.45) is 0 Å². The zero-order valence-corrected chi connectivity index (χ0v) is 16.4. The van der Waals surface area contributed by atoms with Crippen LogP contribution in [0.15, 0.2) is 17.1 Å². The summed E-state index contributed by atoms with van der Waals surface area (Å²) in [6.45, 7) is 1.49. The Hall–Kier alpha value is 0.265. The van der Waals surface area contributed by atoms with Gasteiger partial charge in [0.15, 0.2) is 0 Å².